The molecule has 0 aliphatic carbocycles. The first-order valence-electron chi connectivity index (χ1n) is 7.70. The van der Waals surface area contributed by atoms with Crippen LogP contribution in [0.3, 0.4) is 0 Å². The number of hydrogen-bond donors (Lipinski definition) is 1. The molecule has 4 atom stereocenters. The quantitative estimate of drug-likeness (QED) is 0.472. The maximum Gasteiger partial charge on any atom is 0.310 e. The normalized spacial score (nSPS) is 19.7. The first-order chi connectivity index (χ1) is 10.5. The number of carbonyl (C=O) groups is 1. The second-order valence-corrected chi connectivity index (χ2v) is 6.81. The Balaban J connectivity index is 6.13. The Hall–Kier alpha value is -0.0505. The van der Waals surface area contributed by atoms with Crippen LogP contribution in [-0.2, 0) is 9.53 Å². The van der Waals surface area contributed by atoms with Gasteiger partial charge in [-0.25, -0.2) is 0 Å². The van der Waals surface area contributed by atoms with Crippen LogP contribution in [0.1, 0.15) is 27.7 Å². The van der Waals surface area contributed by atoms with Crippen molar-refractivity contribution in [1.29, 1.82) is 0 Å². The summed E-state index contributed by atoms with van der Waals surface area (Å²) in [5, 5.41) is -7.73. The lowest BCUT2D eigenvalue weighted by Gasteiger charge is -2.66. The van der Waals surface area contributed by atoms with Crippen LogP contribution in [0.25, 0.3) is 0 Å². The van der Waals surface area contributed by atoms with Crippen LogP contribution in [0.5, 0.6) is 0 Å². The second-order valence-electron chi connectivity index (χ2n) is 6.81. The predicted octanol–water partition coefficient (Wildman–Crippen LogP) is -0.803. The Labute approximate surface area is 157 Å². The van der Waals surface area contributed by atoms with Gasteiger partial charge in [0, 0.05) is 6.04 Å². The number of carbonyl (C=O) groups excluding carboxylic acids is 1. The smallest absolute Gasteiger partial charge is 0.310 e. The molecule has 0 aliphatic rings. The van der Waals surface area contributed by atoms with E-state index < -0.39 is 44.7 Å². The summed E-state index contributed by atoms with van der Waals surface area (Å²) in [6.07, 6.45) is 0. The Morgan fingerprint density at radius 1 is 1.04 bits per heavy atom. The molecule has 24 heavy (non-hydrogen) atoms. The minimum absolute atomic E-state index is 0.170. The highest BCUT2D eigenvalue weighted by Gasteiger charge is 2.56. The molecule has 0 spiro atoms. The van der Waals surface area contributed by atoms with Crippen molar-refractivity contribution in [2.24, 2.45) is 11.7 Å². The summed E-state index contributed by atoms with van der Waals surface area (Å²) in [5.41, 5.74) is 6.20. The van der Waals surface area contributed by atoms with Gasteiger partial charge in [-0.15, -0.1) is 15.6 Å². The van der Waals surface area contributed by atoms with Crippen LogP contribution >= 0.6 is 0 Å². The number of nitrogens with two attached hydrogens (primary N) is 1. The van der Waals surface area contributed by atoms with Crippen molar-refractivity contribution in [3.63, 3.8) is 0 Å². The summed E-state index contributed by atoms with van der Waals surface area (Å²) in [6, 6.07) is -1.14. The van der Waals surface area contributed by atoms with Crippen LogP contribution in [0.2, 0.25) is 26.8 Å². The molecule has 0 aromatic carbocycles. The molecule has 0 bridgehead atoms. The average Bonchev–Trinajstić information content (AvgIpc) is 2.42. The van der Waals surface area contributed by atoms with E-state index in [0.717, 1.165) is 0 Å². The minimum atomic E-state index is -2.13. The zero-order chi connectivity index (χ0) is 19.7. The van der Waals surface area contributed by atoms with Gasteiger partial charge in [0.05, 0.1) is 75.3 Å². The molecule has 2 N–H and O–H groups in total. The lowest BCUT2D eigenvalue weighted by Crippen LogP contribution is -2.58. The Kier molecular flexibility index (Phi) is 7.66. The van der Waals surface area contributed by atoms with Crippen molar-refractivity contribution in [1.82, 2.24) is 0 Å². The van der Waals surface area contributed by atoms with E-state index in [9.17, 15) is 4.79 Å². The van der Waals surface area contributed by atoms with E-state index in [4.69, 9.17) is 73.2 Å². The molecule has 0 aromatic heterocycles. The topological polar surface area (TPSA) is 52.3 Å². The van der Waals surface area contributed by atoms with Crippen molar-refractivity contribution in [2.75, 3.05) is 6.61 Å². The van der Waals surface area contributed by atoms with Gasteiger partial charge >= 0.3 is 5.97 Å². The van der Waals surface area contributed by atoms with Gasteiger partial charge in [-0.3, -0.25) is 4.79 Å². The van der Waals surface area contributed by atoms with Crippen molar-refractivity contribution < 1.29 is 9.53 Å². The van der Waals surface area contributed by atoms with Crippen molar-refractivity contribution in [2.45, 2.75) is 60.5 Å². The van der Waals surface area contributed by atoms with Gasteiger partial charge in [0.25, 0.3) is 0 Å². The first-order valence-corrected chi connectivity index (χ1v) is 7.70. The fourth-order valence-corrected chi connectivity index (χ4v) is 2.59. The van der Waals surface area contributed by atoms with E-state index in [0.29, 0.717) is 0 Å². The molecule has 16 radical (unpaired) electrons. The lowest BCUT2D eigenvalue weighted by atomic mass is 9.11. The number of hydrogen-bond acceptors (Lipinski definition) is 3. The molecule has 0 heterocycles. The molecule has 0 saturated heterocycles. The summed E-state index contributed by atoms with van der Waals surface area (Å²) in [4.78, 5) is 12.0. The van der Waals surface area contributed by atoms with Gasteiger partial charge in [-0.1, -0.05) is 31.9 Å². The molecule has 112 valence electrons. The van der Waals surface area contributed by atoms with Gasteiger partial charge in [0.2, 0.25) is 0 Å². The lowest BCUT2D eigenvalue weighted by molar-refractivity contribution is -0.148. The fraction of sp³-hybridized carbons (Fsp3) is 0.923. The van der Waals surface area contributed by atoms with Gasteiger partial charge < -0.3 is 10.5 Å². The molecule has 2 unspecified atom stereocenters. The summed E-state index contributed by atoms with van der Waals surface area (Å²) in [5.74, 6) is -2.38. The number of ether oxygens (including phenoxy) is 1. The van der Waals surface area contributed by atoms with Crippen LogP contribution < -0.4 is 5.73 Å². The second kappa shape index (κ2) is 7.68. The van der Waals surface area contributed by atoms with Gasteiger partial charge in [0.1, 0.15) is 0 Å². The largest absolute Gasteiger partial charge is 0.466 e. The molecular weight excluding hydrogens is 289 g/mol. The highest BCUT2D eigenvalue weighted by Crippen LogP contribution is 2.69. The van der Waals surface area contributed by atoms with Crippen LogP contribution in [0, 0.1) is 5.92 Å². The highest BCUT2D eigenvalue weighted by atomic mass is 16.5. The van der Waals surface area contributed by atoms with Gasteiger partial charge in [0.15, 0.2) is 0 Å². The summed E-state index contributed by atoms with van der Waals surface area (Å²) >= 11 is 0. The standard InChI is InChI=1S/C13H19B8NO2/c1-5-24-9(23)6(2)8(22)11(17,7(3)14)13(20,21)12(18,19)10(4,15)16/h6-8H,5,22H2,1-4H3/t6-,7?,8+,11?/m0/s1. The van der Waals surface area contributed by atoms with Crippen LogP contribution in [0.4, 0.5) is 0 Å². The van der Waals surface area contributed by atoms with Gasteiger partial charge in [-0.05, 0) is 6.92 Å². The van der Waals surface area contributed by atoms with Crippen molar-refractivity contribution in [3.05, 3.63) is 0 Å². The first kappa shape index (κ1) is 23.9. The van der Waals surface area contributed by atoms with E-state index in [1.54, 1.807) is 6.92 Å². The van der Waals surface area contributed by atoms with Crippen LogP contribution in [0.15, 0.2) is 0 Å². The molecule has 0 amide bonds. The summed E-state index contributed by atoms with van der Waals surface area (Å²) in [7, 11) is 48.5. The van der Waals surface area contributed by atoms with E-state index in [1.807, 2.05) is 0 Å². The molecule has 0 saturated carbocycles. The maximum atomic E-state index is 12.0. The molecule has 0 fully saturated rings. The Morgan fingerprint density at radius 2 is 1.46 bits per heavy atom. The SMILES string of the molecule is [B]C(C)C([B])([C@H](N)[C@H](C)C(=O)OCC)C([B])([B])C([B])([B])C([B])([B])C. The van der Waals surface area contributed by atoms with Gasteiger partial charge in [-0.2, -0.15) is 0 Å². The maximum absolute atomic E-state index is 12.0. The molecule has 3 nitrogen and oxygen atoms in total. The molecule has 0 aromatic rings. The van der Waals surface area contributed by atoms with E-state index >= 15 is 0 Å². The molecule has 0 rings (SSSR count). The zero-order valence-electron chi connectivity index (χ0n) is 15.0. The van der Waals surface area contributed by atoms with E-state index in [2.05, 4.69) is 0 Å². The Bertz CT molecular complexity index is 452. The fourth-order valence-electron chi connectivity index (χ4n) is 2.59. The summed E-state index contributed by atoms with van der Waals surface area (Å²) in [6.45, 7) is 6.20. The number of rotatable bonds is 8. The van der Waals surface area contributed by atoms with E-state index in [-0.39, 0.29) is 6.61 Å². The monoisotopic (exact) mass is 309 g/mol. The third-order valence-electron chi connectivity index (χ3n) is 4.79. The Morgan fingerprint density at radius 3 is 1.75 bits per heavy atom. The van der Waals surface area contributed by atoms with Crippen LogP contribution in [-0.4, -0.2) is 81.4 Å². The molecule has 0 aliphatic heterocycles. The van der Waals surface area contributed by atoms with E-state index in [1.165, 1.54) is 20.8 Å². The third kappa shape index (κ3) is 3.86. The zero-order valence-corrected chi connectivity index (χ0v) is 15.0. The van der Waals surface area contributed by atoms with Crippen molar-refractivity contribution >= 4 is 68.7 Å². The highest BCUT2D eigenvalue weighted by molar-refractivity contribution is 6.63. The predicted molar refractivity (Wildman–Crippen MR) is 106 cm³/mol. The molecular formula is C13H19B8NO2. The van der Waals surface area contributed by atoms with Crippen molar-refractivity contribution in [3.8, 4) is 0 Å². The molecule has 11 heteroatoms. The number of esters is 1. The average molecular weight is 308 g/mol. The third-order valence-corrected chi connectivity index (χ3v) is 4.79. The minimum Gasteiger partial charge on any atom is -0.466 e. The summed E-state index contributed by atoms with van der Waals surface area (Å²) < 4.78 is 4.96.